The molecule has 1 N–H and O–H groups in total. The minimum absolute atomic E-state index is 0.0102. The van der Waals surface area contributed by atoms with E-state index >= 15 is 0 Å². The first-order valence-corrected chi connectivity index (χ1v) is 8.37. The quantitative estimate of drug-likeness (QED) is 0.622. The molecule has 3 rings (SSSR count). The van der Waals surface area contributed by atoms with Crippen LogP contribution in [-0.4, -0.2) is 12.5 Å². The van der Waals surface area contributed by atoms with Crippen LogP contribution in [0.2, 0.25) is 0 Å². The number of carbonyl (C=O) groups is 1. The van der Waals surface area contributed by atoms with Crippen LogP contribution in [0.5, 0.6) is 5.75 Å². The van der Waals surface area contributed by atoms with E-state index in [-0.39, 0.29) is 12.5 Å². The Morgan fingerprint density at radius 1 is 1.04 bits per heavy atom. The van der Waals surface area contributed by atoms with Crippen LogP contribution in [-0.2, 0) is 4.79 Å². The minimum Gasteiger partial charge on any atom is -0.484 e. The first-order valence-electron chi connectivity index (χ1n) is 7.29. The van der Waals surface area contributed by atoms with Gasteiger partial charge in [0.2, 0.25) is 0 Å². The van der Waals surface area contributed by atoms with Gasteiger partial charge in [0.15, 0.2) is 6.61 Å². The van der Waals surface area contributed by atoms with Crippen molar-refractivity contribution in [2.45, 2.75) is 6.92 Å². The van der Waals surface area contributed by atoms with Crippen molar-refractivity contribution in [2.75, 3.05) is 11.9 Å². The van der Waals surface area contributed by atoms with Crippen molar-refractivity contribution < 1.29 is 9.53 Å². The molecule has 0 aliphatic rings. The summed E-state index contributed by atoms with van der Waals surface area (Å²) in [5.74, 6) is 0.528. The Morgan fingerprint density at radius 2 is 1.83 bits per heavy atom. The van der Waals surface area contributed by atoms with Crippen LogP contribution in [0, 0.1) is 10.5 Å². The van der Waals surface area contributed by atoms with Crippen LogP contribution in [0.15, 0.2) is 60.7 Å². The highest BCUT2D eigenvalue weighted by molar-refractivity contribution is 14.1. The van der Waals surface area contributed by atoms with Crippen molar-refractivity contribution in [3.8, 4) is 5.75 Å². The second kappa shape index (κ2) is 7.00. The number of carbonyl (C=O) groups excluding carboxylic acids is 1. The molecule has 0 saturated heterocycles. The maximum atomic E-state index is 12.0. The summed E-state index contributed by atoms with van der Waals surface area (Å²) >= 11 is 2.25. The van der Waals surface area contributed by atoms with Gasteiger partial charge in [0.25, 0.3) is 5.91 Å². The first-order chi connectivity index (χ1) is 11.1. The summed E-state index contributed by atoms with van der Waals surface area (Å²) in [6.07, 6.45) is 0. The Bertz CT molecular complexity index is 861. The van der Waals surface area contributed by atoms with Gasteiger partial charge in [0, 0.05) is 9.26 Å². The molecule has 0 saturated carbocycles. The zero-order valence-corrected chi connectivity index (χ0v) is 14.8. The third-order valence-corrected chi connectivity index (χ3v) is 4.22. The van der Waals surface area contributed by atoms with E-state index in [1.54, 1.807) is 0 Å². The van der Waals surface area contributed by atoms with Gasteiger partial charge in [-0.1, -0.05) is 30.3 Å². The van der Waals surface area contributed by atoms with Crippen LogP contribution >= 0.6 is 22.6 Å². The van der Waals surface area contributed by atoms with E-state index in [2.05, 4.69) is 27.9 Å². The van der Waals surface area contributed by atoms with Gasteiger partial charge >= 0.3 is 0 Å². The highest BCUT2D eigenvalue weighted by Crippen LogP contribution is 2.21. The largest absolute Gasteiger partial charge is 0.484 e. The van der Waals surface area contributed by atoms with Crippen molar-refractivity contribution in [3.05, 3.63) is 69.8 Å². The van der Waals surface area contributed by atoms with Gasteiger partial charge in [0.05, 0.1) is 0 Å². The number of rotatable bonds is 4. The van der Waals surface area contributed by atoms with Crippen LogP contribution in [0.25, 0.3) is 10.8 Å². The van der Waals surface area contributed by atoms with Crippen LogP contribution in [0.3, 0.4) is 0 Å². The molecule has 116 valence electrons. The molecule has 3 nitrogen and oxygen atoms in total. The van der Waals surface area contributed by atoms with E-state index in [9.17, 15) is 4.79 Å². The molecule has 4 heteroatoms. The second-order valence-electron chi connectivity index (χ2n) is 5.31. The topological polar surface area (TPSA) is 38.3 Å². The van der Waals surface area contributed by atoms with Crippen LogP contribution in [0.1, 0.15) is 5.56 Å². The highest BCUT2D eigenvalue weighted by Gasteiger charge is 2.06. The normalized spacial score (nSPS) is 10.5. The van der Waals surface area contributed by atoms with Crippen molar-refractivity contribution in [3.63, 3.8) is 0 Å². The molecule has 1 amide bonds. The number of nitrogens with one attached hydrogen (secondary N) is 1. The SMILES string of the molecule is Cc1cc(I)ccc1NC(=O)COc1ccc2ccccc2c1. The zero-order valence-electron chi connectivity index (χ0n) is 12.7. The van der Waals surface area contributed by atoms with Gasteiger partial charge in [-0.2, -0.15) is 0 Å². The number of ether oxygens (including phenoxy) is 1. The smallest absolute Gasteiger partial charge is 0.262 e. The van der Waals surface area contributed by atoms with Gasteiger partial charge in [-0.05, 0) is 76.2 Å². The van der Waals surface area contributed by atoms with E-state index < -0.39 is 0 Å². The molecular weight excluding hydrogens is 401 g/mol. The fourth-order valence-electron chi connectivity index (χ4n) is 2.36. The fraction of sp³-hybridized carbons (Fsp3) is 0.105. The predicted molar refractivity (Wildman–Crippen MR) is 102 cm³/mol. The van der Waals surface area contributed by atoms with E-state index in [1.165, 1.54) is 0 Å². The van der Waals surface area contributed by atoms with Crippen molar-refractivity contribution in [2.24, 2.45) is 0 Å². The minimum atomic E-state index is -0.164. The highest BCUT2D eigenvalue weighted by atomic mass is 127. The third-order valence-electron chi connectivity index (χ3n) is 3.55. The summed E-state index contributed by atoms with van der Waals surface area (Å²) in [5.41, 5.74) is 1.86. The second-order valence-corrected chi connectivity index (χ2v) is 6.55. The predicted octanol–water partition coefficient (Wildman–Crippen LogP) is 4.77. The maximum Gasteiger partial charge on any atom is 0.262 e. The summed E-state index contributed by atoms with van der Waals surface area (Å²) in [6.45, 7) is 1.96. The monoisotopic (exact) mass is 417 g/mol. The number of halogens is 1. The molecule has 0 atom stereocenters. The summed E-state index contributed by atoms with van der Waals surface area (Å²) in [7, 11) is 0. The summed E-state index contributed by atoms with van der Waals surface area (Å²) in [6, 6.07) is 19.8. The molecule has 0 aliphatic heterocycles. The third kappa shape index (κ3) is 4.01. The molecule has 0 aromatic heterocycles. The molecular formula is C19H16INO2. The number of hydrogen-bond acceptors (Lipinski definition) is 2. The lowest BCUT2D eigenvalue weighted by Gasteiger charge is -2.10. The Balaban J connectivity index is 1.63. The lowest BCUT2D eigenvalue weighted by molar-refractivity contribution is -0.118. The molecule has 0 fully saturated rings. The van der Waals surface area contributed by atoms with Gasteiger partial charge in [-0.15, -0.1) is 0 Å². The number of anilines is 1. The van der Waals surface area contributed by atoms with E-state index in [1.807, 2.05) is 67.6 Å². The number of amides is 1. The maximum absolute atomic E-state index is 12.0. The number of aryl methyl sites for hydroxylation is 1. The van der Waals surface area contributed by atoms with E-state index in [4.69, 9.17) is 4.74 Å². The average Bonchev–Trinajstić information content (AvgIpc) is 2.55. The molecule has 0 aliphatic carbocycles. The van der Waals surface area contributed by atoms with Crippen LogP contribution < -0.4 is 10.1 Å². The average molecular weight is 417 g/mol. The molecule has 0 heterocycles. The Morgan fingerprint density at radius 3 is 2.61 bits per heavy atom. The summed E-state index contributed by atoms with van der Waals surface area (Å²) < 4.78 is 6.74. The van der Waals surface area contributed by atoms with Gasteiger partial charge < -0.3 is 10.1 Å². The first kappa shape index (κ1) is 15.8. The lowest BCUT2D eigenvalue weighted by Crippen LogP contribution is -2.20. The fourth-order valence-corrected chi connectivity index (χ4v) is 3.01. The number of fused-ring (bicyclic) bond motifs is 1. The molecule has 3 aromatic rings. The van der Waals surface area contributed by atoms with Crippen LogP contribution in [0.4, 0.5) is 5.69 Å². The molecule has 0 bridgehead atoms. The molecule has 23 heavy (non-hydrogen) atoms. The van der Waals surface area contributed by atoms with Gasteiger partial charge in [-0.3, -0.25) is 4.79 Å². The van der Waals surface area contributed by atoms with Gasteiger partial charge in [0.1, 0.15) is 5.75 Å². The zero-order chi connectivity index (χ0) is 16.2. The van der Waals surface area contributed by atoms with E-state index in [0.717, 1.165) is 25.6 Å². The molecule has 0 unspecified atom stereocenters. The Hall–Kier alpha value is -2.08. The van der Waals surface area contributed by atoms with Crippen molar-refractivity contribution >= 4 is 45.0 Å². The molecule has 3 aromatic carbocycles. The standard InChI is InChI=1S/C19H16INO2/c1-13-10-16(20)7-9-18(13)21-19(22)12-23-17-8-6-14-4-2-3-5-15(14)11-17/h2-11H,12H2,1H3,(H,21,22). The molecule has 0 radical (unpaired) electrons. The number of hydrogen-bond donors (Lipinski definition) is 1. The van der Waals surface area contributed by atoms with Gasteiger partial charge in [-0.25, -0.2) is 0 Å². The summed E-state index contributed by atoms with van der Waals surface area (Å²) in [5, 5.41) is 5.13. The summed E-state index contributed by atoms with van der Waals surface area (Å²) in [4.78, 5) is 12.0. The van der Waals surface area contributed by atoms with E-state index in [0.29, 0.717) is 5.75 Å². The lowest BCUT2D eigenvalue weighted by atomic mass is 10.1. The molecule has 0 spiro atoms. The van der Waals surface area contributed by atoms with Crippen molar-refractivity contribution in [1.29, 1.82) is 0 Å². The number of benzene rings is 3. The van der Waals surface area contributed by atoms with Crippen molar-refractivity contribution in [1.82, 2.24) is 0 Å². The Labute approximate surface area is 148 Å². The Kier molecular flexibility index (Phi) is 4.81.